The largest absolute Gasteiger partial charge is 0.396 e. The molecule has 24 heavy (non-hydrogen) atoms. The van der Waals surface area contributed by atoms with E-state index in [2.05, 4.69) is 10.3 Å². The third-order valence-electron chi connectivity index (χ3n) is 4.70. The number of aliphatic hydroxyl groups is 1. The number of hydrogen-bond donors (Lipinski definition) is 2. The average molecular weight is 328 g/mol. The van der Waals surface area contributed by atoms with Crippen LogP contribution >= 0.6 is 0 Å². The van der Waals surface area contributed by atoms with Crippen molar-refractivity contribution in [1.82, 2.24) is 19.8 Å². The fourth-order valence-electron chi connectivity index (χ4n) is 3.03. The maximum absolute atomic E-state index is 12.4. The van der Waals surface area contributed by atoms with Crippen LogP contribution in [0.1, 0.15) is 31.4 Å². The molecule has 1 saturated heterocycles. The SMILES string of the molecule is CC(NC(=O)N1CCC(CO)CC1)c1ccc(-n2ccnc2)cc1. The standard InChI is InChI=1S/C18H24N4O2/c1-14(20-18(24)21-9-6-15(12-23)7-10-21)16-2-4-17(5-3-16)22-11-8-19-13-22/h2-5,8,11,13-15,23H,6-7,9-10,12H2,1H3,(H,20,24). The van der Waals surface area contributed by atoms with Crippen LogP contribution in [0.3, 0.4) is 0 Å². The van der Waals surface area contributed by atoms with Gasteiger partial charge < -0.3 is 19.9 Å². The molecular weight excluding hydrogens is 304 g/mol. The zero-order chi connectivity index (χ0) is 16.9. The molecule has 2 heterocycles. The van der Waals surface area contributed by atoms with E-state index in [4.69, 9.17) is 0 Å². The lowest BCUT2D eigenvalue weighted by molar-refractivity contribution is 0.136. The third-order valence-corrected chi connectivity index (χ3v) is 4.70. The fraction of sp³-hybridized carbons (Fsp3) is 0.444. The molecule has 1 aliphatic heterocycles. The van der Waals surface area contributed by atoms with Gasteiger partial charge in [0.2, 0.25) is 0 Å². The molecule has 1 atom stereocenters. The Morgan fingerprint density at radius 3 is 2.62 bits per heavy atom. The molecule has 0 saturated carbocycles. The number of carbonyl (C=O) groups excluding carboxylic acids is 1. The van der Waals surface area contributed by atoms with Crippen LogP contribution < -0.4 is 5.32 Å². The Kier molecular flexibility index (Phi) is 5.15. The summed E-state index contributed by atoms with van der Waals surface area (Å²) in [6, 6.07) is 8.01. The molecular formula is C18H24N4O2. The summed E-state index contributed by atoms with van der Waals surface area (Å²) in [5.74, 6) is 0.335. The van der Waals surface area contributed by atoms with Crippen molar-refractivity contribution in [3.63, 3.8) is 0 Å². The quantitative estimate of drug-likeness (QED) is 0.905. The minimum atomic E-state index is -0.0510. The topological polar surface area (TPSA) is 70.4 Å². The van der Waals surface area contributed by atoms with Crippen molar-refractivity contribution in [3.8, 4) is 5.69 Å². The summed E-state index contributed by atoms with van der Waals surface area (Å²) in [4.78, 5) is 18.2. The number of carbonyl (C=O) groups is 1. The molecule has 6 heteroatoms. The number of benzene rings is 1. The van der Waals surface area contributed by atoms with Crippen molar-refractivity contribution in [2.75, 3.05) is 19.7 Å². The molecule has 0 aliphatic carbocycles. The van der Waals surface area contributed by atoms with Crippen molar-refractivity contribution in [2.45, 2.75) is 25.8 Å². The van der Waals surface area contributed by atoms with E-state index in [1.807, 2.05) is 46.9 Å². The van der Waals surface area contributed by atoms with Gasteiger partial charge in [-0.3, -0.25) is 0 Å². The smallest absolute Gasteiger partial charge is 0.317 e. The third kappa shape index (κ3) is 3.76. The lowest BCUT2D eigenvalue weighted by Crippen LogP contribution is -2.45. The number of aliphatic hydroxyl groups excluding tert-OH is 1. The highest BCUT2D eigenvalue weighted by Gasteiger charge is 2.23. The normalized spacial score (nSPS) is 16.8. The number of likely N-dealkylation sites (tertiary alicyclic amines) is 1. The number of amides is 2. The van der Waals surface area contributed by atoms with Crippen molar-refractivity contribution < 1.29 is 9.90 Å². The Bertz CT molecular complexity index is 646. The first-order valence-electron chi connectivity index (χ1n) is 8.42. The highest BCUT2D eigenvalue weighted by Crippen LogP contribution is 2.19. The van der Waals surface area contributed by atoms with Gasteiger partial charge in [0, 0.05) is 37.8 Å². The number of urea groups is 1. The van der Waals surface area contributed by atoms with Gasteiger partial charge in [0.25, 0.3) is 0 Å². The Labute approximate surface area is 142 Å². The van der Waals surface area contributed by atoms with Crippen LogP contribution in [0.4, 0.5) is 4.79 Å². The molecule has 1 fully saturated rings. The van der Waals surface area contributed by atoms with E-state index in [-0.39, 0.29) is 18.7 Å². The summed E-state index contributed by atoms with van der Waals surface area (Å²) < 4.78 is 1.94. The molecule has 2 aromatic rings. The minimum Gasteiger partial charge on any atom is -0.396 e. The predicted molar refractivity (Wildman–Crippen MR) is 91.9 cm³/mol. The Morgan fingerprint density at radius 2 is 2.04 bits per heavy atom. The summed E-state index contributed by atoms with van der Waals surface area (Å²) in [6.45, 7) is 3.63. The summed E-state index contributed by atoms with van der Waals surface area (Å²) in [7, 11) is 0. The molecule has 1 aromatic carbocycles. The summed E-state index contributed by atoms with van der Waals surface area (Å²) in [6.07, 6.45) is 7.15. The van der Waals surface area contributed by atoms with Crippen LogP contribution in [0.25, 0.3) is 5.69 Å². The number of piperidine rings is 1. The van der Waals surface area contributed by atoms with E-state index in [0.29, 0.717) is 19.0 Å². The highest BCUT2D eigenvalue weighted by atomic mass is 16.3. The second-order valence-corrected chi connectivity index (χ2v) is 6.35. The van der Waals surface area contributed by atoms with Gasteiger partial charge in [-0.2, -0.15) is 0 Å². The van der Waals surface area contributed by atoms with E-state index in [9.17, 15) is 9.90 Å². The van der Waals surface area contributed by atoms with Crippen LogP contribution in [0.15, 0.2) is 43.0 Å². The molecule has 3 rings (SSSR count). The number of hydrogen-bond acceptors (Lipinski definition) is 3. The highest BCUT2D eigenvalue weighted by molar-refractivity contribution is 5.74. The summed E-state index contributed by atoms with van der Waals surface area (Å²) >= 11 is 0. The molecule has 1 unspecified atom stereocenters. The minimum absolute atomic E-state index is 0.0300. The first-order chi connectivity index (χ1) is 11.7. The molecule has 2 N–H and O–H groups in total. The molecule has 6 nitrogen and oxygen atoms in total. The van der Waals surface area contributed by atoms with E-state index in [1.165, 1.54) is 0 Å². The van der Waals surface area contributed by atoms with Gasteiger partial charge in [-0.15, -0.1) is 0 Å². The lowest BCUT2D eigenvalue weighted by Gasteiger charge is -2.32. The summed E-state index contributed by atoms with van der Waals surface area (Å²) in [5.41, 5.74) is 2.11. The number of aromatic nitrogens is 2. The zero-order valence-corrected chi connectivity index (χ0v) is 13.9. The van der Waals surface area contributed by atoms with Crippen LogP contribution in [-0.4, -0.2) is 45.3 Å². The molecule has 128 valence electrons. The molecule has 1 aromatic heterocycles. The lowest BCUT2D eigenvalue weighted by atomic mass is 9.98. The molecule has 0 spiro atoms. The van der Waals surface area contributed by atoms with Crippen LogP contribution in [0.2, 0.25) is 0 Å². The van der Waals surface area contributed by atoms with Gasteiger partial charge in [-0.25, -0.2) is 9.78 Å². The van der Waals surface area contributed by atoms with Crippen molar-refractivity contribution in [3.05, 3.63) is 48.5 Å². The van der Waals surface area contributed by atoms with Gasteiger partial charge in [0.1, 0.15) is 0 Å². The number of nitrogens with zero attached hydrogens (tertiary/aromatic N) is 3. The van der Waals surface area contributed by atoms with Gasteiger partial charge in [0.05, 0.1) is 12.4 Å². The molecule has 2 amide bonds. The van der Waals surface area contributed by atoms with E-state index < -0.39 is 0 Å². The number of rotatable bonds is 4. The number of nitrogens with one attached hydrogen (secondary N) is 1. The van der Waals surface area contributed by atoms with Crippen LogP contribution in [0, 0.1) is 5.92 Å². The first-order valence-corrected chi connectivity index (χ1v) is 8.42. The first kappa shape index (κ1) is 16.5. The van der Waals surface area contributed by atoms with Crippen LogP contribution in [-0.2, 0) is 0 Å². The Hall–Kier alpha value is -2.34. The number of imidazole rings is 1. The monoisotopic (exact) mass is 328 g/mol. The van der Waals surface area contributed by atoms with Gasteiger partial charge in [-0.1, -0.05) is 12.1 Å². The van der Waals surface area contributed by atoms with Crippen molar-refractivity contribution in [1.29, 1.82) is 0 Å². The maximum atomic E-state index is 12.4. The maximum Gasteiger partial charge on any atom is 0.317 e. The van der Waals surface area contributed by atoms with Gasteiger partial charge in [0.15, 0.2) is 0 Å². The second-order valence-electron chi connectivity index (χ2n) is 6.35. The van der Waals surface area contributed by atoms with Gasteiger partial charge >= 0.3 is 6.03 Å². The Morgan fingerprint density at radius 1 is 1.33 bits per heavy atom. The summed E-state index contributed by atoms with van der Waals surface area (Å²) in [5, 5.41) is 12.2. The average Bonchev–Trinajstić information content (AvgIpc) is 3.16. The predicted octanol–water partition coefficient (Wildman–Crippen LogP) is 2.35. The molecule has 0 bridgehead atoms. The van der Waals surface area contributed by atoms with E-state index in [0.717, 1.165) is 24.1 Å². The van der Waals surface area contributed by atoms with E-state index >= 15 is 0 Å². The van der Waals surface area contributed by atoms with Crippen molar-refractivity contribution in [2.24, 2.45) is 5.92 Å². The van der Waals surface area contributed by atoms with Crippen molar-refractivity contribution >= 4 is 6.03 Å². The van der Waals surface area contributed by atoms with Crippen LogP contribution in [0.5, 0.6) is 0 Å². The second kappa shape index (κ2) is 7.49. The molecule has 0 radical (unpaired) electrons. The molecule has 1 aliphatic rings. The zero-order valence-electron chi connectivity index (χ0n) is 13.9. The Balaban J connectivity index is 1.56. The fourth-order valence-corrected chi connectivity index (χ4v) is 3.03. The van der Waals surface area contributed by atoms with Gasteiger partial charge in [-0.05, 0) is 43.4 Å². The van der Waals surface area contributed by atoms with E-state index in [1.54, 1.807) is 12.5 Å².